The van der Waals surface area contributed by atoms with E-state index >= 15 is 0 Å². The van der Waals surface area contributed by atoms with Gasteiger partial charge in [0.25, 0.3) is 5.91 Å². The first-order valence-corrected chi connectivity index (χ1v) is 9.02. The molecule has 1 aliphatic heterocycles. The molecule has 1 amide bonds. The molecule has 1 heterocycles. The summed E-state index contributed by atoms with van der Waals surface area (Å²) in [5, 5.41) is 0. The zero-order valence-corrected chi connectivity index (χ0v) is 16.0. The van der Waals surface area contributed by atoms with Crippen molar-refractivity contribution in [1.29, 1.82) is 0 Å². The number of likely N-dealkylation sites (N-methyl/N-ethyl adjacent to an activating group) is 1. The molecule has 2 aromatic rings. The maximum absolute atomic E-state index is 13.2. The van der Waals surface area contributed by atoms with Gasteiger partial charge in [-0.1, -0.05) is 57.9 Å². The van der Waals surface area contributed by atoms with E-state index in [9.17, 15) is 4.79 Å². The predicted molar refractivity (Wildman–Crippen MR) is 104 cm³/mol. The Morgan fingerprint density at radius 3 is 2.68 bits per heavy atom. The van der Waals surface area contributed by atoms with Gasteiger partial charge < -0.3 is 15.5 Å². The van der Waals surface area contributed by atoms with E-state index in [-0.39, 0.29) is 11.9 Å². The van der Waals surface area contributed by atoms with Crippen LogP contribution in [0.15, 0.2) is 64.9 Å². The number of carbonyl (C=O) groups excluding carboxylic acids is 1. The summed E-state index contributed by atoms with van der Waals surface area (Å²) in [5.74, 6) is 0.0905. The minimum Gasteiger partial charge on any atom is -0.403 e. The number of carbonyl (C=O) groups is 1. The number of nitrogens with two attached hydrogens (primary N) is 1. The number of piperazine rings is 1. The molecule has 25 heavy (non-hydrogen) atoms. The normalized spacial score (nSPS) is 19.6. The smallest absolute Gasteiger partial charge is 0.250 e. The number of aryl methyl sites for hydroxylation is 1. The lowest BCUT2D eigenvalue weighted by atomic mass is 10.00. The molecule has 5 heteroatoms. The van der Waals surface area contributed by atoms with Crippen molar-refractivity contribution in [3.63, 3.8) is 0 Å². The number of benzene rings is 2. The van der Waals surface area contributed by atoms with Gasteiger partial charge in [-0.05, 0) is 30.2 Å². The molecular weight excluding hydrogens is 378 g/mol. The third-order valence-electron chi connectivity index (χ3n) is 4.55. The first kappa shape index (κ1) is 17.5. The predicted octanol–water partition coefficient (Wildman–Crippen LogP) is 3.57. The van der Waals surface area contributed by atoms with E-state index in [1.54, 1.807) is 6.20 Å². The Morgan fingerprint density at radius 2 is 2.00 bits per heavy atom. The lowest BCUT2D eigenvalue weighted by Crippen LogP contribution is -2.49. The monoisotopic (exact) mass is 399 g/mol. The zero-order chi connectivity index (χ0) is 18.0. The molecule has 0 spiro atoms. The number of rotatable bonds is 3. The van der Waals surface area contributed by atoms with Crippen molar-refractivity contribution >= 4 is 21.8 Å². The Labute approximate surface area is 157 Å². The molecule has 0 aliphatic carbocycles. The van der Waals surface area contributed by atoms with E-state index in [1.807, 2.05) is 47.2 Å². The Hall–Kier alpha value is -2.27. The second kappa shape index (κ2) is 7.31. The Bertz CT molecular complexity index is 818. The maximum atomic E-state index is 13.2. The summed E-state index contributed by atoms with van der Waals surface area (Å²) in [6.07, 6.45) is 1.60. The average molecular weight is 400 g/mol. The molecule has 1 atom stereocenters. The molecule has 2 N–H and O–H groups in total. The molecule has 0 radical (unpaired) electrons. The van der Waals surface area contributed by atoms with Gasteiger partial charge in [0.2, 0.25) is 0 Å². The van der Waals surface area contributed by atoms with E-state index in [0.717, 1.165) is 21.3 Å². The van der Waals surface area contributed by atoms with Crippen molar-refractivity contribution in [3.8, 4) is 0 Å². The van der Waals surface area contributed by atoms with Crippen LogP contribution < -0.4 is 5.73 Å². The Balaban J connectivity index is 1.93. The van der Waals surface area contributed by atoms with Gasteiger partial charge in [-0.15, -0.1) is 0 Å². The molecule has 1 unspecified atom stereocenters. The van der Waals surface area contributed by atoms with Gasteiger partial charge >= 0.3 is 0 Å². The summed E-state index contributed by atoms with van der Waals surface area (Å²) in [7, 11) is 1.92. The highest BCUT2D eigenvalue weighted by atomic mass is 79.9. The molecule has 4 nitrogen and oxygen atoms in total. The van der Waals surface area contributed by atoms with Crippen LogP contribution in [0, 0.1) is 6.92 Å². The maximum Gasteiger partial charge on any atom is 0.250 e. The highest BCUT2D eigenvalue weighted by molar-refractivity contribution is 9.10. The van der Waals surface area contributed by atoms with Gasteiger partial charge in [-0.2, -0.15) is 0 Å². The minimum atomic E-state index is -0.370. The van der Waals surface area contributed by atoms with Crippen molar-refractivity contribution in [3.05, 3.63) is 81.6 Å². The van der Waals surface area contributed by atoms with E-state index in [4.69, 9.17) is 5.73 Å². The fraction of sp³-hybridized carbons (Fsp3) is 0.250. The molecule has 1 fully saturated rings. The van der Waals surface area contributed by atoms with Crippen LogP contribution in [0.4, 0.5) is 0 Å². The Kier molecular flexibility index (Phi) is 5.13. The van der Waals surface area contributed by atoms with E-state index in [1.165, 1.54) is 5.56 Å². The number of hydrogen-bond acceptors (Lipinski definition) is 3. The summed E-state index contributed by atoms with van der Waals surface area (Å²) < 4.78 is 0.959. The first-order chi connectivity index (χ1) is 12.0. The molecule has 0 aromatic heterocycles. The Morgan fingerprint density at radius 1 is 1.24 bits per heavy atom. The second-order valence-corrected chi connectivity index (χ2v) is 7.33. The van der Waals surface area contributed by atoms with Crippen LogP contribution in [0.3, 0.4) is 0 Å². The quantitative estimate of drug-likeness (QED) is 0.857. The highest BCUT2D eigenvalue weighted by Gasteiger charge is 2.36. The second-order valence-electron chi connectivity index (χ2n) is 6.41. The minimum absolute atomic E-state index is 0.0905. The van der Waals surface area contributed by atoms with Gasteiger partial charge in [0.05, 0.1) is 6.54 Å². The lowest BCUT2D eigenvalue weighted by Gasteiger charge is -2.41. The van der Waals surface area contributed by atoms with Crippen LogP contribution in [0.5, 0.6) is 0 Å². The average Bonchev–Trinajstić information content (AvgIpc) is 2.58. The van der Waals surface area contributed by atoms with Crippen LogP contribution >= 0.6 is 15.9 Å². The van der Waals surface area contributed by atoms with E-state index < -0.39 is 0 Å². The van der Waals surface area contributed by atoms with Gasteiger partial charge in [-0.25, -0.2) is 0 Å². The number of amides is 1. The van der Waals surface area contributed by atoms with Gasteiger partial charge in [0.15, 0.2) is 0 Å². The summed E-state index contributed by atoms with van der Waals surface area (Å²) in [5.41, 5.74) is 10.1. The summed E-state index contributed by atoms with van der Waals surface area (Å²) in [6.45, 7) is 3.16. The largest absolute Gasteiger partial charge is 0.403 e. The van der Waals surface area contributed by atoms with Crippen molar-refractivity contribution in [2.75, 3.05) is 13.6 Å². The fourth-order valence-electron chi connectivity index (χ4n) is 3.27. The summed E-state index contributed by atoms with van der Waals surface area (Å²) in [6, 6.07) is 15.8. The fourth-order valence-corrected chi connectivity index (χ4v) is 3.68. The third kappa shape index (κ3) is 3.71. The van der Waals surface area contributed by atoms with Crippen molar-refractivity contribution in [1.82, 2.24) is 9.80 Å². The molecule has 1 saturated heterocycles. The van der Waals surface area contributed by atoms with Crippen LogP contribution in [0.1, 0.15) is 22.7 Å². The van der Waals surface area contributed by atoms with Gasteiger partial charge in [0, 0.05) is 30.0 Å². The van der Waals surface area contributed by atoms with Crippen molar-refractivity contribution in [2.24, 2.45) is 5.73 Å². The van der Waals surface area contributed by atoms with Gasteiger partial charge in [-0.3, -0.25) is 4.79 Å². The van der Waals surface area contributed by atoms with Crippen molar-refractivity contribution < 1.29 is 4.79 Å². The third-order valence-corrected chi connectivity index (χ3v) is 5.04. The van der Waals surface area contributed by atoms with Crippen LogP contribution in [0.2, 0.25) is 0 Å². The van der Waals surface area contributed by atoms with Crippen LogP contribution in [-0.2, 0) is 11.3 Å². The first-order valence-electron chi connectivity index (χ1n) is 8.23. The van der Waals surface area contributed by atoms with Crippen molar-refractivity contribution in [2.45, 2.75) is 19.5 Å². The molecule has 2 aromatic carbocycles. The molecule has 0 bridgehead atoms. The lowest BCUT2D eigenvalue weighted by molar-refractivity contribution is -0.139. The van der Waals surface area contributed by atoms with Gasteiger partial charge in [0.1, 0.15) is 6.04 Å². The number of nitrogens with zero attached hydrogens (tertiary/aromatic N) is 2. The highest BCUT2D eigenvalue weighted by Crippen LogP contribution is 2.32. The van der Waals surface area contributed by atoms with E-state index in [0.29, 0.717) is 13.1 Å². The SMILES string of the molecule is Cc1cccc(CN2C/C(=C/N)N(C)C(c3cccc(Br)c3)C2=O)c1. The molecule has 1 aliphatic rings. The molecule has 130 valence electrons. The molecular formula is C20H22BrN3O. The van der Waals surface area contributed by atoms with E-state index in [2.05, 4.69) is 41.1 Å². The topological polar surface area (TPSA) is 49.6 Å². The molecule has 3 rings (SSSR count). The summed E-state index contributed by atoms with van der Waals surface area (Å²) >= 11 is 3.49. The summed E-state index contributed by atoms with van der Waals surface area (Å²) in [4.78, 5) is 17.0. The molecule has 0 saturated carbocycles. The number of hydrogen-bond donors (Lipinski definition) is 1. The number of halogens is 1. The van der Waals surface area contributed by atoms with Crippen LogP contribution in [-0.4, -0.2) is 29.3 Å². The zero-order valence-electron chi connectivity index (χ0n) is 14.4. The standard InChI is InChI=1S/C20H22BrN3O/c1-14-5-3-6-15(9-14)12-24-13-18(11-22)23(2)19(20(24)25)16-7-4-8-17(21)10-16/h3-11,19H,12-13,22H2,1-2H3/b18-11-. The van der Waals surface area contributed by atoms with Crippen LogP contribution in [0.25, 0.3) is 0 Å².